The molecule has 0 atom stereocenters. The molecule has 2 fully saturated rings. The molecule has 1 spiro atoms. The number of hydrogen-bond acceptors (Lipinski definition) is 7. The lowest BCUT2D eigenvalue weighted by Crippen LogP contribution is -2.50. The molecule has 45 heavy (non-hydrogen) atoms. The van der Waals surface area contributed by atoms with Crippen molar-refractivity contribution in [2.75, 3.05) is 31.9 Å². The summed E-state index contributed by atoms with van der Waals surface area (Å²) in [6, 6.07) is 26.5. The van der Waals surface area contributed by atoms with E-state index >= 15 is 0 Å². The van der Waals surface area contributed by atoms with Crippen molar-refractivity contribution in [1.29, 1.82) is 0 Å². The molecule has 7 rings (SSSR count). The average Bonchev–Trinajstić information content (AvgIpc) is 3.45. The summed E-state index contributed by atoms with van der Waals surface area (Å²) in [5.74, 6) is 1.11. The lowest BCUT2D eigenvalue weighted by Gasteiger charge is -2.47. The Kier molecular flexibility index (Phi) is 7.72. The van der Waals surface area contributed by atoms with E-state index in [2.05, 4.69) is 57.4 Å². The Hall–Kier alpha value is -4.38. The number of fused-ring (bicyclic) bond motifs is 1. The lowest BCUT2D eigenvalue weighted by molar-refractivity contribution is 0.0499. The zero-order valence-corrected chi connectivity index (χ0v) is 26.0. The SMILES string of the molecule is C=CS(=O)(=O)N1CCCC2(CCN(Cc3ccc(-n4c(-c5cccnc5N)nc5ccc(-c6ccccc6)nc54)cc3)CC2)C1. The molecule has 5 aromatic rings. The highest BCUT2D eigenvalue weighted by Gasteiger charge is 2.41. The van der Waals surface area contributed by atoms with Crippen molar-refractivity contribution in [2.45, 2.75) is 32.2 Å². The standard InChI is InChI=1S/C35H37N7O2S/c1-2-45(43,44)41-21-7-17-35(25-41)18-22-40(23-19-35)24-26-11-13-28(14-12-26)42-33(29-10-6-20-37-32(29)36)39-31-16-15-30(38-34(31)42)27-8-4-3-5-9-27/h2-6,8-16,20H,1,7,17-19,21-25H2,(H2,36,37). The predicted octanol–water partition coefficient (Wildman–Crippen LogP) is 5.88. The number of nitrogen functional groups attached to an aromatic ring is 1. The first-order valence-corrected chi connectivity index (χ1v) is 16.9. The van der Waals surface area contributed by atoms with Crippen molar-refractivity contribution in [3.63, 3.8) is 0 Å². The summed E-state index contributed by atoms with van der Waals surface area (Å²) in [6.07, 6.45) is 5.68. The second-order valence-electron chi connectivity index (χ2n) is 12.2. The molecule has 2 saturated heterocycles. The zero-order valence-electron chi connectivity index (χ0n) is 25.2. The van der Waals surface area contributed by atoms with E-state index in [0.717, 1.165) is 84.4 Å². The maximum Gasteiger partial charge on any atom is 0.235 e. The van der Waals surface area contributed by atoms with Crippen LogP contribution in [0.1, 0.15) is 31.2 Å². The van der Waals surface area contributed by atoms with Crippen LogP contribution in [0.25, 0.3) is 39.5 Å². The van der Waals surface area contributed by atoms with E-state index in [4.69, 9.17) is 15.7 Å². The number of hydrogen-bond donors (Lipinski definition) is 1. The van der Waals surface area contributed by atoms with Crippen molar-refractivity contribution in [3.05, 3.63) is 103 Å². The molecule has 0 aliphatic carbocycles. The number of anilines is 1. The highest BCUT2D eigenvalue weighted by atomic mass is 32.2. The van der Waals surface area contributed by atoms with Crippen LogP contribution in [0.5, 0.6) is 0 Å². The maximum absolute atomic E-state index is 12.4. The predicted molar refractivity (Wildman–Crippen MR) is 179 cm³/mol. The Labute approximate surface area is 264 Å². The Morgan fingerprint density at radius 2 is 1.67 bits per heavy atom. The van der Waals surface area contributed by atoms with Crippen molar-refractivity contribution in [3.8, 4) is 28.3 Å². The first kappa shape index (κ1) is 29.3. The van der Waals surface area contributed by atoms with Gasteiger partial charge in [0.15, 0.2) is 11.5 Å². The summed E-state index contributed by atoms with van der Waals surface area (Å²) >= 11 is 0. The number of benzene rings is 2. The minimum absolute atomic E-state index is 0.0628. The second-order valence-corrected chi connectivity index (χ2v) is 14.1. The first-order chi connectivity index (χ1) is 21.8. The van der Waals surface area contributed by atoms with E-state index in [1.54, 1.807) is 10.5 Å². The van der Waals surface area contributed by atoms with Gasteiger partial charge in [0, 0.05) is 42.5 Å². The fourth-order valence-corrected chi connectivity index (χ4v) is 7.89. The van der Waals surface area contributed by atoms with E-state index in [1.807, 2.05) is 42.5 Å². The molecule has 2 aliphatic heterocycles. The van der Waals surface area contributed by atoms with Gasteiger partial charge in [0.1, 0.15) is 11.3 Å². The molecule has 2 aliphatic rings. The van der Waals surface area contributed by atoms with Crippen LogP contribution in [0.15, 0.2) is 97.0 Å². The summed E-state index contributed by atoms with van der Waals surface area (Å²) in [4.78, 5) is 16.8. The summed E-state index contributed by atoms with van der Waals surface area (Å²) in [7, 11) is -3.37. The van der Waals surface area contributed by atoms with E-state index in [9.17, 15) is 8.42 Å². The third-order valence-corrected chi connectivity index (χ3v) is 10.8. The Balaban J connectivity index is 1.14. The van der Waals surface area contributed by atoms with Crippen molar-refractivity contribution >= 4 is 27.0 Å². The number of nitrogens with two attached hydrogens (primary N) is 1. The summed E-state index contributed by atoms with van der Waals surface area (Å²) in [6.45, 7) is 7.46. The highest BCUT2D eigenvalue weighted by molar-refractivity contribution is 7.92. The Morgan fingerprint density at radius 1 is 0.889 bits per heavy atom. The zero-order chi connectivity index (χ0) is 31.0. The van der Waals surface area contributed by atoms with Gasteiger partial charge in [0.05, 0.1) is 11.3 Å². The maximum atomic E-state index is 12.4. The van der Waals surface area contributed by atoms with Crippen LogP contribution >= 0.6 is 0 Å². The Morgan fingerprint density at radius 3 is 2.40 bits per heavy atom. The van der Waals surface area contributed by atoms with Gasteiger partial charge in [-0.1, -0.05) is 49.0 Å². The van der Waals surface area contributed by atoms with Crippen molar-refractivity contribution in [2.24, 2.45) is 5.41 Å². The molecule has 0 saturated carbocycles. The van der Waals surface area contributed by atoms with Gasteiger partial charge in [0.25, 0.3) is 0 Å². The molecule has 0 radical (unpaired) electrons. The molecule has 0 unspecified atom stereocenters. The highest BCUT2D eigenvalue weighted by Crippen LogP contribution is 2.41. The second kappa shape index (κ2) is 11.8. The largest absolute Gasteiger partial charge is 0.383 e. The van der Waals surface area contributed by atoms with E-state index < -0.39 is 10.0 Å². The van der Waals surface area contributed by atoms with Crippen LogP contribution in [0.3, 0.4) is 0 Å². The molecule has 10 heteroatoms. The van der Waals surface area contributed by atoms with E-state index in [0.29, 0.717) is 24.7 Å². The molecule has 5 heterocycles. The number of imidazole rings is 1. The first-order valence-electron chi connectivity index (χ1n) is 15.4. The molecule has 9 nitrogen and oxygen atoms in total. The number of nitrogens with zero attached hydrogens (tertiary/aromatic N) is 6. The summed E-state index contributed by atoms with van der Waals surface area (Å²) in [5.41, 5.74) is 12.8. The summed E-state index contributed by atoms with van der Waals surface area (Å²) in [5, 5.41) is 1.09. The minimum Gasteiger partial charge on any atom is -0.383 e. The molecule has 0 amide bonds. The van der Waals surface area contributed by atoms with E-state index in [1.165, 1.54) is 5.56 Å². The normalized spacial score (nSPS) is 17.5. The van der Waals surface area contributed by atoms with Crippen molar-refractivity contribution < 1.29 is 8.42 Å². The molecule has 230 valence electrons. The van der Waals surface area contributed by atoms with Crippen LogP contribution in [0.4, 0.5) is 5.82 Å². The van der Waals surface area contributed by atoms with Crippen LogP contribution in [0, 0.1) is 5.41 Å². The number of aromatic nitrogens is 4. The number of sulfonamides is 1. The number of likely N-dealkylation sites (tertiary alicyclic amines) is 1. The van der Waals surface area contributed by atoms with Gasteiger partial charge in [-0.3, -0.25) is 9.47 Å². The molecular weight excluding hydrogens is 582 g/mol. The number of rotatable bonds is 7. The number of piperidine rings is 2. The van der Waals surface area contributed by atoms with Gasteiger partial charge < -0.3 is 5.73 Å². The van der Waals surface area contributed by atoms with Gasteiger partial charge in [-0.25, -0.2) is 23.4 Å². The van der Waals surface area contributed by atoms with Gasteiger partial charge in [-0.2, -0.15) is 4.31 Å². The van der Waals surface area contributed by atoms with Crippen LogP contribution < -0.4 is 5.73 Å². The molecule has 0 bridgehead atoms. The lowest BCUT2D eigenvalue weighted by atomic mass is 9.73. The average molecular weight is 620 g/mol. The molecule has 2 N–H and O–H groups in total. The third kappa shape index (κ3) is 5.77. The van der Waals surface area contributed by atoms with Gasteiger partial charge >= 0.3 is 0 Å². The summed E-state index contributed by atoms with van der Waals surface area (Å²) < 4.78 is 28.6. The van der Waals surface area contributed by atoms with Crippen LogP contribution in [-0.4, -0.2) is 63.3 Å². The van der Waals surface area contributed by atoms with Gasteiger partial charge in [-0.15, -0.1) is 0 Å². The van der Waals surface area contributed by atoms with Crippen LogP contribution in [0.2, 0.25) is 0 Å². The van der Waals surface area contributed by atoms with Crippen LogP contribution in [-0.2, 0) is 16.6 Å². The van der Waals surface area contributed by atoms with Crippen molar-refractivity contribution in [1.82, 2.24) is 28.7 Å². The quantitative estimate of drug-likeness (QED) is 0.242. The smallest absolute Gasteiger partial charge is 0.235 e. The van der Waals surface area contributed by atoms with Gasteiger partial charge in [-0.05, 0) is 86.1 Å². The molecule has 2 aromatic carbocycles. The monoisotopic (exact) mass is 619 g/mol. The Bertz CT molecular complexity index is 1950. The topological polar surface area (TPSA) is 110 Å². The molecular formula is C35H37N7O2S. The number of pyridine rings is 2. The van der Waals surface area contributed by atoms with E-state index in [-0.39, 0.29) is 5.41 Å². The third-order valence-electron chi connectivity index (χ3n) is 9.37. The fourth-order valence-electron chi connectivity index (χ4n) is 6.85. The molecule has 3 aromatic heterocycles. The fraction of sp³-hybridized carbons (Fsp3) is 0.286. The minimum atomic E-state index is -3.37. The van der Waals surface area contributed by atoms with Gasteiger partial charge in [0.2, 0.25) is 10.0 Å².